The summed E-state index contributed by atoms with van der Waals surface area (Å²) in [7, 11) is 0. The Balaban J connectivity index is 2.75. The van der Waals surface area contributed by atoms with Gasteiger partial charge in [0, 0.05) is 0 Å². The zero-order chi connectivity index (χ0) is 7.78. The van der Waals surface area contributed by atoms with Crippen LogP contribution >= 0.6 is 11.8 Å². The van der Waals surface area contributed by atoms with E-state index < -0.39 is 0 Å². The number of hydrogen-bond donors (Lipinski definition) is 1. The highest BCUT2D eigenvalue weighted by atomic mass is 32.2. The third kappa shape index (κ3) is 1.03. The minimum atomic E-state index is -0.181. The number of nitrogens with one attached hydrogen (secondary N) is 1. The lowest BCUT2D eigenvalue weighted by Crippen LogP contribution is -2.37. The van der Waals surface area contributed by atoms with E-state index in [2.05, 4.69) is 19.2 Å². The Morgan fingerprint density at radius 2 is 2.30 bits per heavy atom. The molecule has 1 atom stereocenters. The van der Waals surface area contributed by atoms with E-state index in [0.717, 1.165) is 5.88 Å². The first-order valence-corrected chi connectivity index (χ1v) is 4.48. The molecule has 0 radical (unpaired) electrons. The fraction of sp³-hybridized carbons (Fsp3) is 0.857. The summed E-state index contributed by atoms with van der Waals surface area (Å²) >= 11 is 1.70. The quantitative estimate of drug-likeness (QED) is 0.623. The molecule has 1 saturated heterocycles. The Kier molecular flexibility index (Phi) is 1.95. The van der Waals surface area contributed by atoms with E-state index in [9.17, 15) is 4.79 Å². The molecule has 1 amide bonds. The van der Waals surface area contributed by atoms with Gasteiger partial charge in [-0.05, 0) is 12.8 Å². The van der Waals surface area contributed by atoms with E-state index in [1.807, 2.05) is 6.92 Å². The van der Waals surface area contributed by atoms with E-state index in [0.29, 0.717) is 5.92 Å². The Labute approximate surface area is 65.8 Å². The lowest BCUT2D eigenvalue weighted by Gasteiger charge is -2.23. The van der Waals surface area contributed by atoms with Crippen molar-refractivity contribution in [2.45, 2.75) is 25.5 Å². The molecule has 10 heavy (non-hydrogen) atoms. The van der Waals surface area contributed by atoms with Gasteiger partial charge in [-0.2, -0.15) is 0 Å². The molecule has 1 rings (SSSR count). The van der Waals surface area contributed by atoms with Crippen LogP contribution in [0, 0.1) is 5.92 Å². The van der Waals surface area contributed by atoms with Crippen LogP contribution in [-0.2, 0) is 4.79 Å². The van der Waals surface area contributed by atoms with Crippen LogP contribution in [0.15, 0.2) is 0 Å². The van der Waals surface area contributed by atoms with Crippen LogP contribution < -0.4 is 5.32 Å². The van der Waals surface area contributed by atoms with Gasteiger partial charge >= 0.3 is 0 Å². The molecular formula is C7H13NOS. The van der Waals surface area contributed by atoms with Gasteiger partial charge in [0.15, 0.2) is 0 Å². The van der Waals surface area contributed by atoms with Crippen molar-refractivity contribution in [3.63, 3.8) is 0 Å². The fourth-order valence-corrected chi connectivity index (χ4v) is 1.96. The molecule has 0 saturated carbocycles. The Morgan fingerprint density at radius 1 is 1.70 bits per heavy atom. The highest BCUT2D eigenvalue weighted by Crippen LogP contribution is 2.36. The minimum Gasteiger partial charge on any atom is -0.346 e. The van der Waals surface area contributed by atoms with Gasteiger partial charge in [-0.15, -0.1) is 11.8 Å². The van der Waals surface area contributed by atoms with Gasteiger partial charge in [0.1, 0.15) is 0 Å². The summed E-state index contributed by atoms with van der Waals surface area (Å²) in [5.74, 6) is 1.38. The van der Waals surface area contributed by atoms with E-state index in [1.54, 1.807) is 11.8 Å². The number of carbonyl (C=O) groups excluding carboxylic acids is 1. The summed E-state index contributed by atoms with van der Waals surface area (Å²) in [5.41, 5.74) is 0. The largest absolute Gasteiger partial charge is 0.346 e. The van der Waals surface area contributed by atoms with Crippen LogP contribution in [0.5, 0.6) is 0 Å². The predicted octanol–water partition coefficient (Wildman–Crippen LogP) is 1.22. The van der Waals surface area contributed by atoms with E-state index in [-0.39, 0.29) is 10.7 Å². The van der Waals surface area contributed by atoms with E-state index in [4.69, 9.17) is 0 Å². The second kappa shape index (κ2) is 2.46. The number of carbonyl (C=O) groups is 1. The second-order valence-corrected chi connectivity index (χ2v) is 4.48. The van der Waals surface area contributed by atoms with Crippen molar-refractivity contribution in [1.29, 1.82) is 0 Å². The van der Waals surface area contributed by atoms with Crippen LogP contribution in [0.25, 0.3) is 0 Å². The van der Waals surface area contributed by atoms with Crippen LogP contribution in [0.2, 0.25) is 0 Å². The summed E-state index contributed by atoms with van der Waals surface area (Å²) < 4.78 is -0.181. The minimum absolute atomic E-state index is 0.181. The van der Waals surface area contributed by atoms with Crippen molar-refractivity contribution >= 4 is 17.7 Å². The maximum absolute atomic E-state index is 11.2. The number of rotatable bonds is 1. The number of thioether (sulfide) groups is 1. The zero-order valence-corrected chi connectivity index (χ0v) is 7.42. The molecule has 0 spiro atoms. The molecular weight excluding hydrogens is 146 g/mol. The topological polar surface area (TPSA) is 29.1 Å². The molecule has 0 aromatic rings. The maximum Gasteiger partial charge on any atom is 0.236 e. The molecule has 1 unspecified atom stereocenters. The van der Waals surface area contributed by atoms with Crippen LogP contribution in [-0.4, -0.2) is 16.5 Å². The predicted molar refractivity (Wildman–Crippen MR) is 43.8 cm³/mol. The third-order valence-corrected chi connectivity index (χ3v) is 3.70. The first kappa shape index (κ1) is 7.92. The van der Waals surface area contributed by atoms with E-state index >= 15 is 0 Å². The third-order valence-electron chi connectivity index (χ3n) is 2.16. The molecule has 1 fully saturated rings. The monoisotopic (exact) mass is 159 g/mol. The number of hydrogen-bond acceptors (Lipinski definition) is 2. The maximum atomic E-state index is 11.2. The molecule has 1 aliphatic heterocycles. The second-order valence-electron chi connectivity index (χ2n) is 3.06. The lowest BCUT2D eigenvalue weighted by atomic mass is 9.96. The molecule has 0 aromatic heterocycles. The first-order chi connectivity index (χ1) is 4.57. The summed E-state index contributed by atoms with van der Waals surface area (Å²) in [6.45, 7) is 6.17. The summed E-state index contributed by atoms with van der Waals surface area (Å²) in [5, 5.41) is 2.82. The Morgan fingerprint density at radius 3 is 2.50 bits per heavy atom. The Hall–Kier alpha value is -0.180. The molecule has 58 valence electrons. The van der Waals surface area contributed by atoms with Gasteiger partial charge in [-0.1, -0.05) is 13.8 Å². The number of amides is 1. The molecule has 1 aliphatic rings. The summed E-state index contributed by atoms with van der Waals surface area (Å²) in [6.07, 6.45) is 0. The Bertz CT molecular complexity index is 158. The molecule has 1 heterocycles. The van der Waals surface area contributed by atoms with Crippen LogP contribution in [0.3, 0.4) is 0 Å². The molecule has 3 heteroatoms. The standard InChI is InChI=1S/C7H13NOS/c1-5(2)7(3)6(9)8-4-10-7/h5H,4H2,1-3H3,(H,8,9). The van der Waals surface area contributed by atoms with Crippen LogP contribution in [0.1, 0.15) is 20.8 Å². The van der Waals surface area contributed by atoms with Crippen molar-refractivity contribution in [3.8, 4) is 0 Å². The molecule has 1 N–H and O–H groups in total. The summed E-state index contributed by atoms with van der Waals surface area (Å²) in [6, 6.07) is 0. The van der Waals surface area contributed by atoms with Crippen molar-refractivity contribution in [3.05, 3.63) is 0 Å². The fourth-order valence-electron chi connectivity index (χ4n) is 0.921. The first-order valence-electron chi connectivity index (χ1n) is 3.49. The average Bonchev–Trinajstić information content (AvgIpc) is 2.15. The van der Waals surface area contributed by atoms with Gasteiger partial charge in [0.25, 0.3) is 0 Å². The van der Waals surface area contributed by atoms with Gasteiger partial charge < -0.3 is 5.32 Å². The molecule has 2 nitrogen and oxygen atoms in total. The van der Waals surface area contributed by atoms with Gasteiger partial charge in [0.05, 0.1) is 10.6 Å². The van der Waals surface area contributed by atoms with Crippen molar-refractivity contribution in [2.24, 2.45) is 5.92 Å². The molecule has 0 aromatic carbocycles. The van der Waals surface area contributed by atoms with Gasteiger partial charge in [0.2, 0.25) is 5.91 Å². The SMILES string of the molecule is CC(C)C1(C)SCNC1=O. The normalized spacial score (nSPS) is 33.0. The lowest BCUT2D eigenvalue weighted by molar-refractivity contribution is -0.122. The highest BCUT2D eigenvalue weighted by molar-refractivity contribution is 8.01. The smallest absolute Gasteiger partial charge is 0.236 e. The van der Waals surface area contributed by atoms with Crippen molar-refractivity contribution in [2.75, 3.05) is 5.88 Å². The average molecular weight is 159 g/mol. The van der Waals surface area contributed by atoms with Crippen molar-refractivity contribution < 1.29 is 4.79 Å². The van der Waals surface area contributed by atoms with E-state index in [1.165, 1.54) is 0 Å². The summed E-state index contributed by atoms with van der Waals surface area (Å²) in [4.78, 5) is 11.2. The zero-order valence-electron chi connectivity index (χ0n) is 6.60. The highest BCUT2D eigenvalue weighted by Gasteiger charge is 2.41. The van der Waals surface area contributed by atoms with Crippen LogP contribution in [0.4, 0.5) is 0 Å². The molecule has 0 aliphatic carbocycles. The van der Waals surface area contributed by atoms with Gasteiger partial charge in [-0.3, -0.25) is 4.79 Å². The van der Waals surface area contributed by atoms with Gasteiger partial charge in [-0.25, -0.2) is 0 Å². The molecule has 0 bridgehead atoms. The van der Waals surface area contributed by atoms with Crippen molar-refractivity contribution in [1.82, 2.24) is 5.32 Å².